The summed E-state index contributed by atoms with van der Waals surface area (Å²) < 4.78 is 6.10. The number of hydrogen-bond acceptors (Lipinski definition) is 4. The van der Waals surface area contributed by atoms with Gasteiger partial charge in [-0.25, -0.2) is 0 Å². The van der Waals surface area contributed by atoms with Gasteiger partial charge in [0.05, 0.1) is 17.5 Å². The Kier molecular flexibility index (Phi) is 6.05. The number of likely N-dealkylation sites (tertiary alicyclic amines) is 1. The van der Waals surface area contributed by atoms with Crippen LogP contribution in [-0.4, -0.2) is 34.0 Å². The standard InChI is InChI=1S/C28H26N2O3/c31-28(32)20-13-15-30(16-14-20)27(23-17-21-7-4-5-12-26(21)29-19-23)22-8-6-11-25(18-22)33-24-9-2-1-3-10-24/h1-12,17-20,27H,13-16H2,(H,31,32). The number of piperidine rings is 1. The Labute approximate surface area is 193 Å². The van der Waals surface area contributed by atoms with Gasteiger partial charge in [-0.15, -0.1) is 0 Å². The highest BCUT2D eigenvalue weighted by molar-refractivity contribution is 5.79. The maximum atomic E-state index is 11.5. The van der Waals surface area contributed by atoms with Crippen molar-refractivity contribution in [1.82, 2.24) is 9.88 Å². The third kappa shape index (κ3) is 4.73. The van der Waals surface area contributed by atoms with Gasteiger partial charge >= 0.3 is 5.97 Å². The highest BCUT2D eigenvalue weighted by Crippen LogP contribution is 2.35. The molecule has 1 unspecified atom stereocenters. The molecule has 166 valence electrons. The molecule has 1 aliphatic heterocycles. The summed E-state index contributed by atoms with van der Waals surface area (Å²) in [5.41, 5.74) is 3.17. The van der Waals surface area contributed by atoms with E-state index in [0.29, 0.717) is 12.8 Å². The molecule has 5 nitrogen and oxygen atoms in total. The lowest BCUT2D eigenvalue weighted by Gasteiger charge is -2.37. The number of carboxylic acids is 1. The summed E-state index contributed by atoms with van der Waals surface area (Å²) in [5.74, 6) is 0.597. The first-order valence-electron chi connectivity index (χ1n) is 11.3. The van der Waals surface area contributed by atoms with Gasteiger partial charge in [0, 0.05) is 11.6 Å². The number of aromatic nitrogens is 1. The zero-order chi connectivity index (χ0) is 22.6. The molecule has 0 spiro atoms. The first-order valence-corrected chi connectivity index (χ1v) is 11.3. The summed E-state index contributed by atoms with van der Waals surface area (Å²) in [6, 6.07) is 28.2. The SMILES string of the molecule is O=C(O)C1CCN(C(c2cccc(Oc3ccccc3)c2)c2cnc3ccccc3c2)CC1. The van der Waals surface area contributed by atoms with Crippen molar-refractivity contribution in [3.63, 3.8) is 0 Å². The molecule has 0 bridgehead atoms. The van der Waals surface area contributed by atoms with Crippen molar-refractivity contribution in [3.8, 4) is 11.5 Å². The van der Waals surface area contributed by atoms with E-state index in [1.807, 2.05) is 66.9 Å². The molecule has 5 rings (SSSR count). The summed E-state index contributed by atoms with van der Waals surface area (Å²) in [6.45, 7) is 1.44. The van der Waals surface area contributed by atoms with Crippen LogP contribution in [0.5, 0.6) is 11.5 Å². The van der Waals surface area contributed by atoms with Crippen LogP contribution in [0.1, 0.15) is 30.0 Å². The Morgan fingerprint density at radius 3 is 2.39 bits per heavy atom. The molecule has 5 heteroatoms. The predicted octanol–water partition coefficient (Wildman–Crippen LogP) is 5.91. The Morgan fingerprint density at radius 2 is 1.61 bits per heavy atom. The van der Waals surface area contributed by atoms with Crippen molar-refractivity contribution >= 4 is 16.9 Å². The van der Waals surface area contributed by atoms with Crippen molar-refractivity contribution in [2.75, 3.05) is 13.1 Å². The summed E-state index contributed by atoms with van der Waals surface area (Å²) in [4.78, 5) is 18.6. The van der Waals surface area contributed by atoms with E-state index in [9.17, 15) is 9.90 Å². The zero-order valence-corrected chi connectivity index (χ0v) is 18.3. The molecule has 1 fully saturated rings. The van der Waals surface area contributed by atoms with Crippen LogP contribution in [0.3, 0.4) is 0 Å². The molecule has 3 aromatic carbocycles. The fourth-order valence-electron chi connectivity index (χ4n) is 4.63. The largest absolute Gasteiger partial charge is 0.481 e. The number of rotatable bonds is 6. The van der Waals surface area contributed by atoms with Crippen molar-refractivity contribution in [1.29, 1.82) is 0 Å². The minimum Gasteiger partial charge on any atom is -0.481 e. The van der Waals surface area contributed by atoms with E-state index in [0.717, 1.165) is 46.6 Å². The molecule has 0 aliphatic carbocycles. The molecule has 2 heterocycles. The van der Waals surface area contributed by atoms with Crippen LogP contribution < -0.4 is 4.74 Å². The summed E-state index contributed by atoms with van der Waals surface area (Å²) in [6.07, 6.45) is 3.24. The predicted molar refractivity (Wildman–Crippen MR) is 128 cm³/mol. The number of para-hydroxylation sites is 2. The fourth-order valence-corrected chi connectivity index (χ4v) is 4.63. The maximum absolute atomic E-state index is 11.5. The molecule has 1 aliphatic rings. The number of pyridine rings is 1. The monoisotopic (exact) mass is 438 g/mol. The summed E-state index contributed by atoms with van der Waals surface area (Å²) in [5, 5.41) is 10.5. The minimum absolute atomic E-state index is 0.0313. The topological polar surface area (TPSA) is 62.7 Å². The van der Waals surface area contributed by atoms with E-state index >= 15 is 0 Å². The Hall–Kier alpha value is -3.70. The van der Waals surface area contributed by atoms with Gasteiger partial charge in [0.15, 0.2) is 0 Å². The lowest BCUT2D eigenvalue weighted by Crippen LogP contribution is -2.39. The van der Waals surface area contributed by atoms with E-state index in [1.54, 1.807) is 0 Å². The van der Waals surface area contributed by atoms with E-state index in [-0.39, 0.29) is 12.0 Å². The summed E-state index contributed by atoms with van der Waals surface area (Å²) in [7, 11) is 0. The van der Waals surface area contributed by atoms with Crippen LogP contribution in [0, 0.1) is 5.92 Å². The molecule has 1 aromatic heterocycles. The summed E-state index contributed by atoms with van der Waals surface area (Å²) >= 11 is 0. The number of carboxylic acid groups (broad SMARTS) is 1. The molecule has 0 amide bonds. The Balaban J connectivity index is 1.51. The van der Waals surface area contributed by atoms with Crippen LogP contribution in [0.15, 0.2) is 91.1 Å². The zero-order valence-electron chi connectivity index (χ0n) is 18.3. The average molecular weight is 439 g/mol. The van der Waals surface area contributed by atoms with Gasteiger partial charge in [0.2, 0.25) is 0 Å². The van der Waals surface area contributed by atoms with Crippen molar-refractivity contribution in [3.05, 3.63) is 102 Å². The van der Waals surface area contributed by atoms with E-state index < -0.39 is 5.97 Å². The number of ether oxygens (including phenoxy) is 1. The number of aliphatic carboxylic acids is 1. The molecule has 1 atom stereocenters. The van der Waals surface area contributed by atoms with Crippen molar-refractivity contribution in [2.45, 2.75) is 18.9 Å². The van der Waals surface area contributed by atoms with E-state index in [2.05, 4.69) is 29.2 Å². The molecule has 4 aromatic rings. The average Bonchev–Trinajstić information content (AvgIpc) is 2.85. The lowest BCUT2D eigenvalue weighted by atomic mass is 9.91. The first kappa shape index (κ1) is 21.2. The number of benzene rings is 3. The van der Waals surface area contributed by atoms with E-state index in [4.69, 9.17) is 9.72 Å². The molecule has 1 N–H and O–H groups in total. The van der Waals surface area contributed by atoms with Crippen LogP contribution in [0.2, 0.25) is 0 Å². The van der Waals surface area contributed by atoms with Gasteiger partial charge in [-0.2, -0.15) is 0 Å². The smallest absolute Gasteiger partial charge is 0.306 e. The van der Waals surface area contributed by atoms with Crippen molar-refractivity contribution < 1.29 is 14.6 Å². The molecule has 0 saturated carbocycles. The number of hydrogen-bond donors (Lipinski definition) is 1. The molecular weight excluding hydrogens is 412 g/mol. The number of carbonyl (C=O) groups is 1. The van der Waals surface area contributed by atoms with Gasteiger partial charge in [-0.3, -0.25) is 14.7 Å². The van der Waals surface area contributed by atoms with Gasteiger partial charge < -0.3 is 9.84 Å². The van der Waals surface area contributed by atoms with Crippen LogP contribution >= 0.6 is 0 Å². The molecule has 1 saturated heterocycles. The highest BCUT2D eigenvalue weighted by Gasteiger charge is 2.30. The third-order valence-corrected chi connectivity index (χ3v) is 6.32. The molecule has 0 radical (unpaired) electrons. The van der Waals surface area contributed by atoms with Crippen LogP contribution in [0.4, 0.5) is 0 Å². The second-order valence-corrected chi connectivity index (χ2v) is 8.50. The van der Waals surface area contributed by atoms with Gasteiger partial charge in [0.1, 0.15) is 11.5 Å². The second-order valence-electron chi connectivity index (χ2n) is 8.50. The minimum atomic E-state index is -0.697. The number of nitrogens with zero attached hydrogens (tertiary/aromatic N) is 2. The van der Waals surface area contributed by atoms with Gasteiger partial charge in [-0.05, 0) is 73.5 Å². The highest BCUT2D eigenvalue weighted by atomic mass is 16.5. The quantitative estimate of drug-likeness (QED) is 0.405. The van der Waals surface area contributed by atoms with E-state index in [1.165, 1.54) is 0 Å². The maximum Gasteiger partial charge on any atom is 0.306 e. The Morgan fingerprint density at radius 1 is 0.879 bits per heavy atom. The second kappa shape index (κ2) is 9.43. The van der Waals surface area contributed by atoms with Gasteiger partial charge in [0.25, 0.3) is 0 Å². The lowest BCUT2D eigenvalue weighted by molar-refractivity contribution is -0.143. The van der Waals surface area contributed by atoms with Gasteiger partial charge in [-0.1, -0.05) is 48.5 Å². The van der Waals surface area contributed by atoms with Crippen LogP contribution in [-0.2, 0) is 4.79 Å². The third-order valence-electron chi connectivity index (χ3n) is 6.32. The first-order chi connectivity index (χ1) is 16.2. The fraction of sp³-hybridized carbons (Fsp3) is 0.214. The molecule has 33 heavy (non-hydrogen) atoms. The van der Waals surface area contributed by atoms with Crippen molar-refractivity contribution in [2.24, 2.45) is 5.92 Å². The molecular formula is C28H26N2O3. The Bertz CT molecular complexity index is 1250. The normalized spacial score (nSPS) is 15.9. The van der Waals surface area contributed by atoms with Crippen LogP contribution in [0.25, 0.3) is 10.9 Å². The number of fused-ring (bicyclic) bond motifs is 1.